The highest BCUT2D eigenvalue weighted by molar-refractivity contribution is 5.69. The van der Waals surface area contributed by atoms with Crippen LogP contribution in [0, 0.1) is 0 Å². The van der Waals surface area contributed by atoms with Crippen LogP contribution in [0.4, 0.5) is 23.3 Å². The van der Waals surface area contributed by atoms with Crippen LogP contribution in [0.15, 0.2) is 37.4 Å². The minimum Gasteiger partial charge on any atom is -0.310 e. The summed E-state index contributed by atoms with van der Waals surface area (Å²) in [6, 6.07) is 1.99. The van der Waals surface area contributed by atoms with E-state index < -0.39 is 0 Å². The van der Waals surface area contributed by atoms with Gasteiger partial charge in [-0.2, -0.15) is 0 Å². The van der Waals surface area contributed by atoms with E-state index in [-0.39, 0.29) is 0 Å². The number of hydrogen-bond donors (Lipinski definition) is 0. The molecule has 118 valence electrons. The van der Waals surface area contributed by atoms with Crippen molar-refractivity contribution in [3.05, 3.63) is 48.6 Å². The van der Waals surface area contributed by atoms with Gasteiger partial charge in [-0.15, -0.1) is 0 Å². The molecule has 3 aromatic rings. The number of anilines is 4. The van der Waals surface area contributed by atoms with Gasteiger partial charge in [-0.3, -0.25) is 0 Å². The van der Waals surface area contributed by atoms with Crippen LogP contribution < -0.4 is 9.80 Å². The number of aromatic nitrogens is 6. The van der Waals surface area contributed by atoms with Crippen LogP contribution in [0.25, 0.3) is 0 Å². The molecule has 0 saturated heterocycles. The molecule has 0 aromatic carbocycles. The van der Waals surface area contributed by atoms with Crippen molar-refractivity contribution in [2.75, 3.05) is 22.9 Å². The van der Waals surface area contributed by atoms with Crippen molar-refractivity contribution < 1.29 is 0 Å². The summed E-state index contributed by atoms with van der Waals surface area (Å²) in [7, 11) is 0. The Hall–Kier alpha value is -3.16. The largest absolute Gasteiger partial charge is 0.310 e. The number of hydrogen-bond acceptors (Lipinski definition) is 8. The van der Waals surface area contributed by atoms with Crippen LogP contribution >= 0.6 is 0 Å². The lowest BCUT2D eigenvalue weighted by molar-refractivity contribution is 0.929. The van der Waals surface area contributed by atoms with Crippen molar-refractivity contribution in [1.29, 1.82) is 0 Å². The van der Waals surface area contributed by atoms with Crippen LogP contribution in [0.1, 0.15) is 11.1 Å². The second-order valence-corrected chi connectivity index (χ2v) is 5.78. The monoisotopic (exact) mass is 318 g/mol. The first-order valence-electron chi connectivity index (χ1n) is 7.85. The van der Waals surface area contributed by atoms with Crippen molar-refractivity contribution in [1.82, 2.24) is 29.9 Å². The van der Waals surface area contributed by atoms with Gasteiger partial charge in [0.2, 0.25) is 0 Å². The second kappa shape index (κ2) is 5.19. The molecule has 5 heterocycles. The van der Waals surface area contributed by atoms with Gasteiger partial charge in [0.05, 0.1) is 0 Å². The molecule has 0 saturated carbocycles. The van der Waals surface area contributed by atoms with E-state index in [2.05, 4.69) is 39.7 Å². The van der Waals surface area contributed by atoms with Crippen molar-refractivity contribution in [3.63, 3.8) is 0 Å². The molecular formula is C16H14N8. The molecule has 2 aliphatic heterocycles. The van der Waals surface area contributed by atoms with E-state index >= 15 is 0 Å². The molecule has 24 heavy (non-hydrogen) atoms. The van der Waals surface area contributed by atoms with Crippen LogP contribution in [0.3, 0.4) is 0 Å². The summed E-state index contributed by atoms with van der Waals surface area (Å²) in [5.74, 6) is 3.55. The first-order chi connectivity index (χ1) is 11.9. The number of rotatable bonds is 2. The minimum atomic E-state index is 0.847. The van der Waals surface area contributed by atoms with E-state index in [9.17, 15) is 0 Å². The maximum absolute atomic E-state index is 4.44. The van der Waals surface area contributed by atoms with Crippen LogP contribution in [-0.4, -0.2) is 43.0 Å². The molecule has 0 unspecified atom stereocenters. The number of fused-ring (bicyclic) bond motifs is 2. The van der Waals surface area contributed by atoms with Crippen LogP contribution in [0.5, 0.6) is 0 Å². The van der Waals surface area contributed by atoms with Gasteiger partial charge >= 0.3 is 0 Å². The summed E-state index contributed by atoms with van der Waals surface area (Å²) in [5, 5.41) is 0. The lowest BCUT2D eigenvalue weighted by Gasteiger charge is -2.20. The van der Waals surface area contributed by atoms with Crippen molar-refractivity contribution >= 4 is 23.3 Å². The molecule has 0 bridgehead atoms. The van der Waals surface area contributed by atoms with Gasteiger partial charge in [0.15, 0.2) is 0 Å². The third kappa shape index (κ3) is 1.99. The van der Waals surface area contributed by atoms with Crippen molar-refractivity contribution in [2.24, 2.45) is 0 Å². The molecule has 0 amide bonds. The van der Waals surface area contributed by atoms with Gasteiger partial charge < -0.3 is 9.80 Å². The maximum Gasteiger partial charge on any atom is 0.140 e. The normalized spacial score (nSPS) is 15.5. The summed E-state index contributed by atoms with van der Waals surface area (Å²) in [6.45, 7) is 1.70. The topological polar surface area (TPSA) is 83.8 Å². The molecule has 0 aliphatic carbocycles. The van der Waals surface area contributed by atoms with Crippen LogP contribution in [0.2, 0.25) is 0 Å². The van der Waals surface area contributed by atoms with Gasteiger partial charge in [-0.1, -0.05) is 0 Å². The molecule has 5 rings (SSSR count). The maximum atomic E-state index is 4.44. The fourth-order valence-electron chi connectivity index (χ4n) is 3.30. The summed E-state index contributed by atoms with van der Waals surface area (Å²) >= 11 is 0. The fourth-order valence-corrected chi connectivity index (χ4v) is 3.30. The Balaban J connectivity index is 1.52. The standard InChI is InChI=1S/C16H14N8/c1-3-23(15-11(1)6-17-8-21-15)13-5-14(20-10-19-13)24-4-2-12-7-18-9-22-16(12)24/h5-10H,1-4H2. The minimum absolute atomic E-state index is 0.847. The summed E-state index contributed by atoms with van der Waals surface area (Å²) in [5.41, 5.74) is 2.30. The Labute approximate surface area is 138 Å². The third-order valence-corrected chi connectivity index (χ3v) is 4.44. The average Bonchev–Trinajstić information content (AvgIpc) is 3.26. The zero-order chi connectivity index (χ0) is 15.9. The molecule has 3 aromatic heterocycles. The second-order valence-electron chi connectivity index (χ2n) is 5.78. The smallest absolute Gasteiger partial charge is 0.140 e. The SMILES string of the molecule is c1nc(N2CCc3cncnc32)cc(N2CCc3cncnc32)n1. The zero-order valence-corrected chi connectivity index (χ0v) is 12.9. The summed E-state index contributed by atoms with van der Waals surface area (Å²) in [6.07, 6.45) is 10.4. The average molecular weight is 318 g/mol. The Morgan fingerprint density at radius 1 is 0.667 bits per heavy atom. The van der Waals surface area contributed by atoms with Gasteiger partial charge in [-0.25, -0.2) is 29.9 Å². The van der Waals surface area contributed by atoms with E-state index in [0.29, 0.717) is 0 Å². The summed E-state index contributed by atoms with van der Waals surface area (Å²) < 4.78 is 0. The first-order valence-corrected chi connectivity index (χ1v) is 7.85. The highest BCUT2D eigenvalue weighted by Crippen LogP contribution is 2.35. The van der Waals surface area contributed by atoms with Gasteiger partial charge in [0.1, 0.15) is 42.3 Å². The number of nitrogens with zero attached hydrogens (tertiary/aromatic N) is 8. The molecule has 0 spiro atoms. The third-order valence-electron chi connectivity index (χ3n) is 4.44. The van der Waals surface area contributed by atoms with E-state index in [1.807, 2.05) is 18.5 Å². The molecule has 0 fully saturated rings. The molecule has 0 atom stereocenters. The van der Waals surface area contributed by atoms with Crippen LogP contribution in [-0.2, 0) is 12.8 Å². The van der Waals surface area contributed by atoms with E-state index in [4.69, 9.17) is 0 Å². The Kier molecular flexibility index (Phi) is 2.87. The molecule has 8 nitrogen and oxygen atoms in total. The van der Waals surface area contributed by atoms with Crippen molar-refractivity contribution in [2.45, 2.75) is 12.8 Å². The van der Waals surface area contributed by atoms with Gasteiger partial charge in [-0.05, 0) is 12.8 Å². The summed E-state index contributed by atoms with van der Waals surface area (Å²) in [4.78, 5) is 30.1. The van der Waals surface area contributed by atoms with E-state index in [0.717, 1.165) is 60.3 Å². The Morgan fingerprint density at radius 2 is 1.21 bits per heavy atom. The Morgan fingerprint density at radius 3 is 1.75 bits per heavy atom. The molecular weight excluding hydrogens is 304 g/mol. The fraction of sp³-hybridized carbons (Fsp3) is 0.250. The van der Waals surface area contributed by atoms with Crippen molar-refractivity contribution in [3.8, 4) is 0 Å². The molecule has 2 aliphatic rings. The molecule has 0 N–H and O–H groups in total. The van der Waals surface area contributed by atoms with E-state index in [1.165, 1.54) is 0 Å². The predicted octanol–water partition coefficient (Wildman–Crippen LogP) is 1.44. The zero-order valence-electron chi connectivity index (χ0n) is 12.9. The lowest BCUT2D eigenvalue weighted by atomic mass is 10.3. The highest BCUT2D eigenvalue weighted by Gasteiger charge is 2.26. The van der Waals surface area contributed by atoms with Gasteiger partial charge in [0, 0.05) is 42.7 Å². The van der Waals surface area contributed by atoms with E-state index in [1.54, 1.807) is 19.0 Å². The lowest BCUT2D eigenvalue weighted by Crippen LogP contribution is -2.19. The first kappa shape index (κ1) is 13.3. The predicted molar refractivity (Wildman–Crippen MR) is 87.5 cm³/mol. The van der Waals surface area contributed by atoms with Gasteiger partial charge in [0.25, 0.3) is 0 Å². The Bertz CT molecular complexity index is 841. The quantitative estimate of drug-likeness (QED) is 0.702. The molecule has 0 radical (unpaired) electrons. The highest BCUT2D eigenvalue weighted by atomic mass is 15.3. The molecule has 8 heteroatoms.